The lowest BCUT2D eigenvalue weighted by molar-refractivity contribution is -0.0441. The standard InChI is InChI=1S/C20H19N5O6/c26-8-13-12(28)7-14(31-13)25-17-16(22-20(25)30)18(29)24-19(23-17)21-15-10-4-2-1-3-9(10)5-6-11(15)27/h1-6,12-14,26-28H,7-8H2,(H,22,30)(H2,21,23,24,29)/t12-,13-,14-/m1/s1. The van der Waals surface area contributed by atoms with Crippen molar-refractivity contribution in [2.24, 2.45) is 0 Å². The lowest BCUT2D eigenvalue weighted by Crippen LogP contribution is -2.25. The van der Waals surface area contributed by atoms with Crippen LogP contribution in [0.5, 0.6) is 5.75 Å². The van der Waals surface area contributed by atoms with Gasteiger partial charge in [0.2, 0.25) is 5.95 Å². The van der Waals surface area contributed by atoms with Crippen molar-refractivity contribution in [3.05, 3.63) is 57.2 Å². The Bertz CT molecular complexity index is 1410. The quantitative estimate of drug-likeness (QED) is 0.259. The Labute approximate surface area is 173 Å². The molecular formula is C20H19N5O6. The van der Waals surface area contributed by atoms with E-state index in [1.165, 1.54) is 6.07 Å². The summed E-state index contributed by atoms with van der Waals surface area (Å²) in [6.07, 6.45) is -2.64. The predicted octanol–water partition coefficient (Wildman–Crippen LogP) is 0.656. The average Bonchev–Trinajstić information content (AvgIpc) is 3.29. The summed E-state index contributed by atoms with van der Waals surface area (Å²) in [5.41, 5.74) is -0.915. The van der Waals surface area contributed by atoms with E-state index in [9.17, 15) is 24.9 Å². The van der Waals surface area contributed by atoms with Crippen LogP contribution in [0.1, 0.15) is 12.6 Å². The molecule has 0 aliphatic carbocycles. The van der Waals surface area contributed by atoms with Gasteiger partial charge in [-0.1, -0.05) is 30.3 Å². The van der Waals surface area contributed by atoms with E-state index in [1.54, 1.807) is 6.07 Å². The molecule has 0 saturated carbocycles. The van der Waals surface area contributed by atoms with E-state index >= 15 is 0 Å². The highest BCUT2D eigenvalue weighted by molar-refractivity contribution is 5.98. The van der Waals surface area contributed by atoms with Gasteiger partial charge in [0.25, 0.3) is 5.56 Å². The summed E-state index contributed by atoms with van der Waals surface area (Å²) in [7, 11) is 0. The lowest BCUT2D eigenvalue weighted by atomic mass is 10.1. The normalized spacial score (nSPS) is 21.2. The van der Waals surface area contributed by atoms with Crippen LogP contribution in [-0.2, 0) is 4.74 Å². The highest BCUT2D eigenvalue weighted by Crippen LogP contribution is 2.34. The number of imidazole rings is 1. The number of aliphatic hydroxyl groups is 2. The lowest BCUT2D eigenvalue weighted by Gasteiger charge is -2.14. The molecule has 11 nitrogen and oxygen atoms in total. The monoisotopic (exact) mass is 425 g/mol. The van der Waals surface area contributed by atoms with Crippen molar-refractivity contribution in [3.8, 4) is 5.75 Å². The first-order valence-electron chi connectivity index (χ1n) is 9.63. The molecule has 2 aromatic heterocycles. The minimum Gasteiger partial charge on any atom is -0.506 e. The number of phenolic OH excluding ortho intramolecular Hbond substituents is 1. The van der Waals surface area contributed by atoms with E-state index in [-0.39, 0.29) is 29.3 Å². The van der Waals surface area contributed by atoms with Crippen molar-refractivity contribution >= 4 is 33.6 Å². The largest absolute Gasteiger partial charge is 0.506 e. The van der Waals surface area contributed by atoms with Gasteiger partial charge in [0.05, 0.1) is 18.4 Å². The number of aliphatic hydroxyl groups excluding tert-OH is 2. The number of fused-ring (bicyclic) bond motifs is 2. The van der Waals surface area contributed by atoms with Crippen molar-refractivity contribution < 1.29 is 20.1 Å². The van der Waals surface area contributed by atoms with Crippen molar-refractivity contribution in [3.63, 3.8) is 0 Å². The van der Waals surface area contributed by atoms with Gasteiger partial charge in [-0.2, -0.15) is 4.98 Å². The molecular weight excluding hydrogens is 406 g/mol. The van der Waals surface area contributed by atoms with Crippen LogP contribution in [0.3, 0.4) is 0 Å². The number of rotatable bonds is 4. The van der Waals surface area contributed by atoms with E-state index in [2.05, 4.69) is 20.3 Å². The van der Waals surface area contributed by atoms with E-state index in [1.807, 2.05) is 24.3 Å². The molecule has 1 fully saturated rings. The highest BCUT2D eigenvalue weighted by atomic mass is 16.5. The molecule has 1 saturated heterocycles. The molecule has 0 spiro atoms. The second-order valence-corrected chi connectivity index (χ2v) is 7.33. The molecule has 0 radical (unpaired) electrons. The number of aromatic hydroxyl groups is 1. The van der Waals surface area contributed by atoms with Crippen LogP contribution in [0.25, 0.3) is 21.9 Å². The summed E-state index contributed by atoms with van der Waals surface area (Å²) in [4.78, 5) is 34.5. The van der Waals surface area contributed by atoms with Crippen LogP contribution in [0.15, 0.2) is 46.0 Å². The maximum absolute atomic E-state index is 12.6. The van der Waals surface area contributed by atoms with E-state index < -0.39 is 36.3 Å². The number of nitrogens with one attached hydrogen (secondary N) is 3. The molecule has 4 aromatic rings. The number of benzene rings is 2. The first kappa shape index (κ1) is 19.3. The fourth-order valence-electron chi connectivity index (χ4n) is 3.89. The number of anilines is 2. The zero-order valence-corrected chi connectivity index (χ0v) is 16.1. The highest BCUT2D eigenvalue weighted by Gasteiger charge is 2.36. The van der Waals surface area contributed by atoms with Gasteiger partial charge in [-0.05, 0) is 11.5 Å². The van der Waals surface area contributed by atoms with Gasteiger partial charge in [-0.3, -0.25) is 14.8 Å². The van der Waals surface area contributed by atoms with Gasteiger partial charge in [0.15, 0.2) is 11.2 Å². The van der Waals surface area contributed by atoms with E-state index in [0.29, 0.717) is 11.1 Å². The number of phenols is 1. The zero-order valence-electron chi connectivity index (χ0n) is 16.1. The van der Waals surface area contributed by atoms with Crippen LogP contribution in [-0.4, -0.2) is 53.7 Å². The maximum atomic E-state index is 12.6. The molecule has 1 aliphatic rings. The third-order valence-corrected chi connectivity index (χ3v) is 5.40. The molecule has 0 amide bonds. The summed E-state index contributed by atoms with van der Waals surface area (Å²) in [5.74, 6) is -0.0323. The molecule has 2 aromatic carbocycles. The third-order valence-electron chi connectivity index (χ3n) is 5.40. The zero-order chi connectivity index (χ0) is 21.7. The Morgan fingerprint density at radius 1 is 1.19 bits per heavy atom. The number of hydrogen-bond acceptors (Lipinski definition) is 8. The Balaban J connectivity index is 1.62. The first-order valence-corrected chi connectivity index (χ1v) is 9.63. The Kier molecular flexibility index (Phi) is 4.50. The minimum absolute atomic E-state index is 0.00848. The maximum Gasteiger partial charge on any atom is 0.329 e. The molecule has 31 heavy (non-hydrogen) atoms. The molecule has 3 atom stereocenters. The molecule has 0 unspecified atom stereocenters. The fraction of sp³-hybridized carbons (Fsp3) is 0.250. The smallest absolute Gasteiger partial charge is 0.329 e. The van der Waals surface area contributed by atoms with Crippen LogP contribution < -0.4 is 16.6 Å². The van der Waals surface area contributed by atoms with Crippen molar-refractivity contribution in [2.45, 2.75) is 24.9 Å². The summed E-state index contributed by atoms with van der Waals surface area (Å²) < 4.78 is 6.70. The number of H-pyrrole nitrogens is 2. The number of aromatic amines is 2. The number of ether oxygens (including phenoxy) is 1. The second kappa shape index (κ2) is 7.23. The Morgan fingerprint density at radius 3 is 2.77 bits per heavy atom. The van der Waals surface area contributed by atoms with Crippen LogP contribution in [0, 0.1) is 0 Å². The predicted molar refractivity (Wildman–Crippen MR) is 111 cm³/mol. The second-order valence-electron chi connectivity index (χ2n) is 7.33. The third kappa shape index (κ3) is 3.15. The van der Waals surface area contributed by atoms with Gasteiger partial charge in [-0.15, -0.1) is 0 Å². The summed E-state index contributed by atoms with van der Waals surface area (Å²) in [5, 5.41) is 34.2. The fourth-order valence-corrected chi connectivity index (χ4v) is 3.89. The van der Waals surface area contributed by atoms with E-state index in [4.69, 9.17) is 4.74 Å². The molecule has 0 bridgehead atoms. The van der Waals surface area contributed by atoms with Crippen LogP contribution in [0.2, 0.25) is 0 Å². The Morgan fingerprint density at radius 2 is 2.00 bits per heavy atom. The van der Waals surface area contributed by atoms with E-state index in [0.717, 1.165) is 9.95 Å². The number of nitrogens with zero attached hydrogens (tertiary/aromatic N) is 2. The molecule has 5 rings (SSSR count). The topological polar surface area (TPSA) is 165 Å². The van der Waals surface area contributed by atoms with Crippen molar-refractivity contribution in [1.29, 1.82) is 0 Å². The van der Waals surface area contributed by atoms with Gasteiger partial charge in [0, 0.05) is 11.8 Å². The van der Waals surface area contributed by atoms with Gasteiger partial charge < -0.3 is 25.4 Å². The van der Waals surface area contributed by atoms with Gasteiger partial charge in [0.1, 0.15) is 18.1 Å². The summed E-state index contributed by atoms with van der Waals surface area (Å²) in [6.45, 7) is -0.407. The minimum atomic E-state index is -0.959. The summed E-state index contributed by atoms with van der Waals surface area (Å²) in [6, 6.07) is 10.7. The SMILES string of the molecule is O=c1[nH]c(Nc2c(O)ccc3ccccc23)nc2c1[nH]c(=O)n2[C@H]1C[C@@H](O)[C@@H](CO)O1. The van der Waals surface area contributed by atoms with Crippen LogP contribution >= 0.6 is 0 Å². The average molecular weight is 425 g/mol. The van der Waals surface area contributed by atoms with Crippen molar-refractivity contribution in [1.82, 2.24) is 19.5 Å². The number of aromatic nitrogens is 4. The molecule has 6 N–H and O–H groups in total. The van der Waals surface area contributed by atoms with Gasteiger partial charge in [-0.25, -0.2) is 9.36 Å². The van der Waals surface area contributed by atoms with Crippen molar-refractivity contribution in [2.75, 3.05) is 11.9 Å². The molecule has 3 heterocycles. The molecule has 11 heteroatoms. The van der Waals surface area contributed by atoms with Crippen LogP contribution in [0.4, 0.5) is 11.6 Å². The first-order chi connectivity index (χ1) is 15.0. The van der Waals surface area contributed by atoms with Gasteiger partial charge >= 0.3 is 5.69 Å². The molecule has 1 aliphatic heterocycles. The molecule has 160 valence electrons. The Hall–Kier alpha value is -3.67. The summed E-state index contributed by atoms with van der Waals surface area (Å²) >= 11 is 0. The number of hydrogen-bond donors (Lipinski definition) is 6.